The molecule has 0 aliphatic heterocycles. The lowest BCUT2D eigenvalue weighted by Crippen LogP contribution is -2.41. The standard InChI is InChI=1S/C21H24F8N4O/c1-10(31-16(34)9-15(20(24,25)26)21(27,28)29)12-2-3-13-14(8-12)33-18(32-13)17(30)11-4-6-19(22,23)7-5-11/h2-3,8,10-11,15,17H,4-7,9,30H2,1H3,(H,31,34)(H,32,33)/t10-,17+/m1/s1. The van der Waals surface area contributed by atoms with Gasteiger partial charge in [-0.25, -0.2) is 13.8 Å². The van der Waals surface area contributed by atoms with Gasteiger partial charge in [-0.3, -0.25) is 4.79 Å². The van der Waals surface area contributed by atoms with Crippen molar-refractivity contribution in [3.05, 3.63) is 29.6 Å². The number of carbonyl (C=O) groups excluding carboxylic acids is 1. The van der Waals surface area contributed by atoms with Gasteiger partial charge in [0.05, 0.1) is 23.1 Å². The van der Waals surface area contributed by atoms with Gasteiger partial charge >= 0.3 is 12.4 Å². The Hall–Kier alpha value is -2.44. The Morgan fingerprint density at radius 1 is 1.18 bits per heavy atom. The molecule has 1 aliphatic carbocycles. The van der Waals surface area contributed by atoms with Crippen LogP contribution in [0.25, 0.3) is 11.0 Å². The Kier molecular flexibility index (Phi) is 7.16. The number of carbonyl (C=O) groups is 1. The Balaban J connectivity index is 1.69. The highest BCUT2D eigenvalue weighted by atomic mass is 19.4. The maximum atomic E-state index is 13.4. The quantitative estimate of drug-likeness (QED) is 0.445. The van der Waals surface area contributed by atoms with Crippen LogP contribution >= 0.6 is 0 Å². The number of benzene rings is 1. The number of rotatable bonds is 6. The molecule has 0 spiro atoms. The molecular formula is C21H24F8N4O. The fraction of sp³-hybridized carbons (Fsp3) is 0.619. The fourth-order valence-electron chi connectivity index (χ4n) is 4.11. The second kappa shape index (κ2) is 9.31. The second-order valence-corrected chi connectivity index (χ2v) is 8.75. The minimum atomic E-state index is -5.60. The molecule has 34 heavy (non-hydrogen) atoms. The molecular weight excluding hydrogens is 476 g/mol. The van der Waals surface area contributed by atoms with Crippen LogP contribution in [0.15, 0.2) is 18.2 Å². The average Bonchev–Trinajstić information content (AvgIpc) is 3.13. The van der Waals surface area contributed by atoms with Crippen LogP contribution in [-0.4, -0.2) is 34.2 Å². The van der Waals surface area contributed by atoms with Crippen molar-refractivity contribution in [3.8, 4) is 0 Å². The molecule has 0 bridgehead atoms. The summed E-state index contributed by atoms with van der Waals surface area (Å²) in [6.07, 6.45) is -13.0. The van der Waals surface area contributed by atoms with E-state index in [1.807, 2.05) is 0 Å². The van der Waals surface area contributed by atoms with Crippen molar-refractivity contribution in [3.63, 3.8) is 0 Å². The Morgan fingerprint density at radius 2 is 1.76 bits per heavy atom. The van der Waals surface area contributed by atoms with Crippen molar-refractivity contribution >= 4 is 16.9 Å². The number of alkyl halides is 8. The number of nitrogens with zero attached hydrogens (tertiary/aromatic N) is 1. The molecule has 1 aromatic heterocycles. The highest BCUT2D eigenvalue weighted by Gasteiger charge is 2.57. The summed E-state index contributed by atoms with van der Waals surface area (Å²) in [4.78, 5) is 19.3. The zero-order chi connectivity index (χ0) is 25.5. The van der Waals surface area contributed by atoms with Gasteiger partial charge in [0.1, 0.15) is 5.82 Å². The van der Waals surface area contributed by atoms with Crippen LogP contribution in [0.1, 0.15) is 62.5 Å². The number of halogens is 8. The van der Waals surface area contributed by atoms with Crippen LogP contribution < -0.4 is 11.1 Å². The van der Waals surface area contributed by atoms with Crippen LogP contribution in [0.3, 0.4) is 0 Å². The molecule has 4 N–H and O–H groups in total. The predicted octanol–water partition coefficient (Wildman–Crippen LogP) is 5.70. The third-order valence-corrected chi connectivity index (χ3v) is 6.17. The van der Waals surface area contributed by atoms with Gasteiger partial charge in [-0.05, 0) is 43.4 Å². The van der Waals surface area contributed by atoms with E-state index in [1.54, 1.807) is 12.1 Å². The first-order valence-corrected chi connectivity index (χ1v) is 10.6. The van der Waals surface area contributed by atoms with E-state index in [0.717, 1.165) is 0 Å². The molecule has 2 atom stereocenters. The molecule has 1 aliphatic rings. The number of H-pyrrole nitrogens is 1. The molecule has 1 amide bonds. The summed E-state index contributed by atoms with van der Waals surface area (Å²) >= 11 is 0. The molecule has 1 saturated carbocycles. The van der Waals surface area contributed by atoms with Gasteiger partial charge in [0.2, 0.25) is 11.8 Å². The van der Waals surface area contributed by atoms with Crippen LogP contribution in [0.4, 0.5) is 35.1 Å². The fourth-order valence-corrected chi connectivity index (χ4v) is 4.11. The molecule has 0 saturated heterocycles. The maximum absolute atomic E-state index is 13.4. The van der Waals surface area contributed by atoms with Crippen molar-refractivity contribution in [2.45, 2.75) is 69.4 Å². The molecule has 1 heterocycles. The predicted molar refractivity (Wildman–Crippen MR) is 107 cm³/mol. The Bertz CT molecular complexity index is 992. The largest absolute Gasteiger partial charge is 0.400 e. The monoisotopic (exact) mass is 500 g/mol. The number of hydrogen-bond donors (Lipinski definition) is 3. The summed E-state index contributed by atoms with van der Waals surface area (Å²) in [6.45, 7) is 1.42. The van der Waals surface area contributed by atoms with E-state index in [9.17, 15) is 39.9 Å². The first-order chi connectivity index (χ1) is 15.6. The number of hydrogen-bond acceptors (Lipinski definition) is 3. The third-order valence-electron chi connectivity index (χ3n) is 6.17. The van der Waals surface area contributed by atoms with E-state index in [4.69, 9.17) is 5.73 Å². The summed E-state index contributed by atoms with van der Waals surface area (Å²) in [5, 5.41) is 2.16. The van der Waals surface area contributed by atoms with Gasteiger partial charge in [0.15, 0.2) is 5.92 Å². The number of amides is 1. The van der Waals surface area contributed by atoms with Gasteiger partial charge in [0.25, 0.3) is 0 Å². The molecule has 0 radical (unpaired) electrons. The second-order valence-electron chi connectivity index (χ2n) is 8.75. The van der Waals surface area contributed by atoms with Crippen LogP contribution in [-0.2, 0) is 4.79 Å². The van der Waals surface area contributed by atoms with Gasteiger partial charge in [-0.1, -0.05) is 6.07 Å². The van der Waals surface area contributed by atoms with E-state index in [-0.39, 0.29) is 31.6 Å². The zero-order valence-corrected chi connectivity index (χ0v) is 18.0. The van der Waals surface area contributed by atoms with Gasteiger partial charge in [0, 0.05) is 19.3 Å². The molecule has 13 heteroatoms. The Morgan fingerprint density at radius 3 is 2.32 bits per heavy atom. The minimum absolute atomic E-state index is 0.187. The molecule has 0 unspecified atom stereocenters. The van der Waals surface area contributed by atoms with Crippen molar-refractivity contribution in [2.24, 2.45) is 17.6 Å². The molecule has 5 nitrogen and oxygen atoms in total. The lowest BCUT2D eigenvalue weighted by molar-refractivity contribution is -0.284. The van der Waals surface area contributed by atoms with Crippen molar-refractivity contribution < 1.29 is 39.9 Å². The normalized spacial score (nSPS) is 19.4. The van der Waals surface area contributed by atoms with Gasteiger partial charge < -0.3 is 16.0 Å². The topological polar surface area (TPSA) is 83.8 Å². The lowest BCUT2D eigenvalue weighted by atomic mass is 9.82. The average molecular weight is 500 g/mol. The first-order valence-electron chi connectivity index (χ1n) is 10.6. The SMILES string of the molecule is C[C@@H](NC(=O)CC(C(F)(F)F)C(F)(F)F)c1ccc2nc([C@@H](N)C3CCC(F)(F)CC3)[nH]c2c1. The van der Waals surface area contributed by atoms with Crippen LogP contribution in [0, 0.1) is 11.8 Å². The van der Waals surface area contributed by atoms with E-state index < -0.39 is 48.6 Å². The van der Waals surface area contributed by atoms with Crippen molar-refractivity contribution in [1.82, 2.24) is 15.3 Å². The summed E-state index contributed by atoms with van der Waals surface area (Å²) in [5.41, 5.74) is 7.61. The van der Waals surface area contributed by atoms with Crippen LogP contribution in [0.5, 0.6) is 0 Å². The maximum Gasteiger partial charge on any atom is 0.400 e. The van der Waals surface area contributed by atoms with Gasteiger partial charge in [-0.15, -0.1) is 0 Å². The number of nitrogens with one attached hydrogen (secondary N) is 2. The molecule has 1 aromatic carbocycles. The summed E-state index contributed by atoms with van der Waals surface area (Å²) in [7, 11) is 0. The number of fused-ring (bicyclic) bond motifs is 1. The lowest BCUT2D eigenvalue weighted by Gasteiger charge is -2.31. The summed E-state index contributed by atoms with van der Waals surface area (Å²) in [6, 6.07) is 3.13. The van der Waals surface area contributed by atoms with Crippen molar-refractivity contribution in [2.75, 3.05) is 0 Å². The molecule has 3 rings (SSSR count). The first kappa shape index (κ1) is 26.2. The number of aromatic nitrogens is 2. The summed E-state index contributed by atoms with van der Waals surface area (Å²) in [5.74, 6) is -7.65. The highest BCUT2D eigenvalue weighted by Crippen LogP contribution is 2.42. The van der Waals surface area contributed by atoms with Gasteiger partial charge in [-0.2, -0.15) is 26.3 Å². The molecule has 1 fully saturated rings. The van der Waals surface area contributed by atoms with E-state index in [2.05, 4.69) is 15.3 Å². The number of nitrogens with two attached hydrogens (primary N) is 1. The number of aromatic amines is 1. The van der Waals surface area contributed by atoms with Crippen LogP contribution in [0.2, 0.25) is 0 Å². The van der Waals surface area contributed by atoms with Crippen molar-refractivity contribution in [1.29, 1.82) is 0 Å². The smallest absolute Gasteiger partial charge is 0.350 e. The van der Waals surface area contributed by atoms with E-state index in [1.165, 1.54) is 13.0 Å². The zero-order valence-electron chi connectivity index (χ0n) is 18.0. The number of imidazole rings is 1. The third kappa shape index (κ3) is 6.16. The van der Waals surface area contributed by atoms with E-state index >= 15 is 0 Å². The Labute approximate surface area is 189 Å². The highest BCUT2D eigenvalue weighted by molar-refractivity contribution is 5.78. The molecule has 2 aromatic rings. The minimum Gasteiger partial charge on any atom is -0.350 e. The van der Waals surface area contributed by atoms with E-state index in [0.29, 0.717) is 22.4 Å². The molecule has 190 valence electrons. The summed E-state index contributed by atoms with van der Waals surface area (Å²) < 4.78 is 103.